The number of nitrogens with zero attached hydrogens (tertiary/aromatic N) is 1. The van der Waals surface area contributed by atoms with Gasteiger partial charge in [-0.05, 0) is 55.7 Å². The maximum absolute atomic E-state index is 12.0. The van der Waals surface area contributed by atoms with E-state index in [2.05, 4.69) is 17.2 Å². The smallest absolute Gasteiger partial charge is 0.244 e. The van der Waals surface area contributed by atoms with Crippen molar-refractivity contribution in [3.8, 4) is 11.5 Å². The normalized spacial score (nSPS) is 10.7. The van der Waals surface area contributed by atoms with Crippen LogP contribution in [-0.2, 0) is 11.3 Å². The predicted molar refractivity (Wildman–Crippen MR) is 103 cm³/mol. The first-order valence-electron chi connectivity index (χ1n) is 8.90. The molecule has 0 aliphatic rings. The van der Waals surface area contributed by atoms with Gasteiger partial charge in [-0.25, -0.2) is 0 Å². The fourth-order valence-corrected chi connectivity index (χ4v) is 2.33. The van der Waals surface area contributed by atoms with E-state index in [4.69, 9.17) is 9.47 Å². The van der Waals surface area contributed by atoms with Crippen LogP contribution < -0.4 is 14.8 Å². The van der Waals surface area contributed by atoms with Crippen molar-refractivity contribution >= 4 is 12.0 Å². The lowest BCUT2D eigenvalue weighted by Gasteiger charge is -2.12. The van der Waals surface area contributed by atoms with Gasteiger partial charge in [0.25, 0.3) is 0 Å². The molecule has 0 spiro atoms. The highest BCUT2D eigenvalue weighted by Crippen LogP contribution is 2.29. The molecule has 0 aliphatic heterocycles. The molecule has 0 fully saturated rings. The Morgan fingerprint density at radius 2 is 2.04 bits per heavy atom. The molecule has 0 saturated heterocycles. The van der Waals surface area contributed by atoms with Gasteiger partial charge in [-0.15, -0.1) is 0 Å². The molecule has 1 amide bonds. The maximum atomic E-state index is 12.0. The van der Waals surface area contributed by atoms with E-state index in [1.807, 2.05) is 44.2 Å². The van der Waals surface area contributed by atoms with Crippen molar-refractivity contribution in [1.82, 2.24) is 10.3 Å². The second-order valence-electron chi connectivity index (χ2n) is 5.81. The Morgan fingerprint density at radius 3 is 2.77 bits per heavy atom. The zero-order valence-corrected chi connectivity index (χ0v) is 15.6. The van der Waals surface area contributed by atoms with Gasteiger partial charge in [0.1, 0.15) is 0 Å². The van der Waals surface area contributed by atoms with Crippen molar-refractivity contribution in [3.05, 3.63) is 59.4 Å². The second-order valence-corrected chi connectivity index (χ2v) is 5.81. The highest BCUT2D eigenvalue weighted by atomic mass is 16.5. The second kappa shape index (κ2) is 10.2. The summed E-state index contributed by atoms with van der Waals surface area (Å²) in [6.45, 7) is 7.57. The molecule has 2 aromatic rings. The Bertz CT molecular complexity index is 757. The monoisotopic (exact) mass is 354 g/mol. The van der Waals surface area contributed by atoms with Crippen LogP contribution in [0.25, 0.3) is 6.08 Å². The maximum Gasteiger partial charge on any atom is 0.244 e. The summed E-state index contributed by atoms with van der Waals surface area (Å²) < 4.78 is 11.3. The Labute approximate surface area is 155 Å². The Balaban J connectivity index is 1.98. The van der Waals surface area contributed by atoms with Crippen LogP contribution in [0.3, 0.4) is 0 Å². The molecule has 1 aromatic carbocycles. The van der Waals surface area contributed by atoms with Gasteiger partial charge < -0.3 is 14.8 Å². The summed E-state index contributed by atoms with van der Waals surface area (Å²) in [6.07, 6.45) is 5.92. The summed E-state index contributed by atoms with van der Waals surface area (Å²) in [5, 5.41) is 2.84. The number of aromatic nitrogens is 1. The molecule has 26 heavy (non-hydrogen) atoms. The molecule has 0 aliphatic carbocycles. The molecule has 138 valence electrons. The summed E-state index contributed by atoms with van der Waals surface area (Å²) in [6, 6.07) is 9.50. The van der Waals surface area contributed by atoms with E-state index < -0.39 is 0 Å². The molecule has 0 unspecified atom stereocenters. The molecule has 0 saturated carbocycles. The summed E-state index contributed by atoms with van der Waals surface area (Å²) >= 11 is 0. The molecule has 5 heteroatoms. The Hall–Kier alpha value is -2.82. The first-order chi connectivity index (χ1) is 12.6. The molecule has 2 rings (SSSR count). The fourth-order valence-electron chi connectivity index (χ4n) is 2.33. The minimum absolute atomic E-state index is 0.167. The first-order valence-corrected chi connectivity index (χ1v) is 8.90. The van der Waals surface area contributed by atoms with Crippen molar-refractivity contribution < 1.29 is 14.3 Å². The number of carbonyl (C=O) groups excluding carboxylic acids is 1. The van der Waals surface area contributed by atoms with E-state index in [9.17, 15) is 4.79 Å². The number of pyridine rings is 1. The minimum atomic E-state index is -0.167. The number of nitrogens with one attached hydrogen (secondary N) is 1. The zero-order chi connectivity index (χ0) is 18.8. The number of ether oxygens (including phenoxy) is 2. The standard InChI is InChI=1S/C21H26N2O3/c1-4-13-26-19-10-8-17(14-20(19)25-5-2)9-11-21(24)23-15-18-16(3)7-6-12-22-18/h6-12,14H,4-5,13,15H2,1-3H3,(H,23,24). The van der Waals surface area contributed by atoms with Crippen LogP contribution >= 0.6 is 0 Å². The third-order valence-corrected chi connectivity index (χ3v) is 3.70. The lowest BCUT2D eigenvalue weighted by Crippen LogP contribution is -2.21. The van der Waals surface area contributed by atoms with Crippen molar-refractivity contribution in [2.24, 2.45) is 0 Å². The van der Waals surface area contributed by atoms with E-state index in [-0.39, 0.29) is 5.91 Å². The summed E-state index contributed by atoms with van der Waals surface area (Å²) in [4.78, 5) is 16.3. The topological polar surface area (TPSA) is 60.5 Å². The molecular formula is C21H26N2O3. The van der Waals surface area contributed by atoms with Gasteiger partial charge in [0.15, 0.2) is 11.5 Å². The lowest BCUT2D eigenvalue weighted by molar-refractivity contribution is -0.116. The van der Waals surface area contributed by atoms with Gasteiger partial charge in [-0.3, -0.25) is 9.78 Å². The number of rotatable bonds is 9. The van der Waals surface area contributed by atoms with Gasteiger partial charge in [0.2, 0.25) is 5.91 Å². The van der Waals surface area contributed by atoms with E-state index in [1.165, 1.54) is 6.08 Å². The third-order valence-electron chi connectivity index (χ3n) is 3.70. The van der Waals surface area contributed by atoms with Crippen LogP contribution in [0.5, 0.6) is 11.5 Å². The molecular weight excluding hydrogens is 328 g/mol. The highest BCUT2D eigenvalue weighted by Gasteiger charge is 2.06. The number of hydrogen-bond donors (Lipinski definition) is 1. The first kappa shape index (κ1) is 19.5. The Kier molecular flexibility index (Phi) is 7.68. The fraction of sp³-hybridized carbons (Fsp3) is 0.333. The molecule has 5 nitrogen and oxygen atoms in total. The van der Waals surface area contributed by atoms with E-state index >= 15 is 0 Å². The molecule has 1 N–H and O–H groups in total. The highest BCUT2D eigenvalue weighted by molar-refractivity contribution is 5.91. The quantitative estimate of drug-likeness (QED) is 0.694. The van der Waals surface area contributed by atoms with Gasteiger partial charge >= 0.3 is 0 Å². The van der Waals surface area contributed by atoms with Crippen LogP contribution in [0.1, 0.15) is 37.1 Å². The van der Waals surface area contributed by atoms with E-state index in [0.29, 0.717) is 25.5 Å². The van der Waals surface area contributed by atoms with Crippen molar-refractivity contribution in [2.45, 2.75) is 33.7 Å². The number of aryl methyl sites for hydroxylation is 1. The molecule has 0 radical (unpaired) electrons. The molecule has 1 heterocycles. The number of amides is 1. The predicted octanol–water partition coefficient (Wildman–Crippen LogP) is 3.91. The van der Waals surface area contributed by atoms with Crippen LogP contribution in [0.2, 0.25) is 0 Å². The average Bonchev–Trinajstić information content (AvgIpc) is 2.65. The summed E-state index contributed by atoms with van der Waals surface area (Å²) in [7, 11) is 0. The third kappa shape index (κ3) is 5.92. The largest absolute Gasteiger partial charge is 0.490 e. The zero-order valence-electron chi connectivity index (χ0n) is 15.6. The molecule has 0 atom stereocenters. The van der Waals surface area contributed by atoms with Crippen molar-refractivity contribution in [1.29, 1.82) is 0 Å². The van der Waals surface area contributed by atoms with Gasteiger partial charge in [0.05, 0.1) is 25.5 Å². The van der Waals surface area contributed by atoms with Crippen LogP contribution in [-0.4, -0.2) is 24.1 Å². The lowest BCUT2D eigenvalue weighted by atomic mass is 10.2. The van der Waals surface area contributed by atoms with Gasteiger partial charge in [-0.2, -0.15) is 0 Å². The van der Waals surface area contributed by atoms with Gasteiger partial charge in [0, 0.05) is 12.3 Å². The van der Waals surface area contributed by atoms with Crippen LogP contribution in [0.15, 0.2) is 42.6 Å². The molecule has 1 aromatic heterocycles. The summed E-state index contributed by atoms with van der Waals surface area (Å²) in [5.41, 5.74) is 2.80. The van der Waals surface area contributed by atoms with E-state index in [1.54, 1.807) is 12.3 Å². The average molecular weight is 354 g/mol. The SMILES string of the molecule is CCCOc1ccc(C=CC(=O)NCc2ncccc2C)cc1OCC. The minimum Gasteiger partial charge on any atom is -0.490 e. The Morgan fingerprint density at radius 1 is 1.19 bits per heavy atom. The summed E-state index contributed by atoms with van der Waals surface area (Å²) in [5.74, 6) is 1.24. The van der Waals surface area contributed by atoms with Crippen LogP contribution in [0, 0.1) is 6.92 Å². The number of benzene rings is 1. The number of hydrogen-bond acceptors (Lipinski definition) is 4. The van der Waals surface area contributed by atoms with Crippen molar-refractivity contribution in [2.75, 3.05) is 13.2 Å². The van der Waals surface area contributed by atoms with Gasteiger partial charge in [-0.1, -0.05) is 19.1 Å². The van der Waals surface area contributed by atoms with Crippen LogP contribution in [0.4, 0.5) is 0 Å². The number of carbonyl (C=O) groups is 1. The van der Waals surface area contributed by atoms with E-state index in [0.717, 1.165) is 29.0 Å². The van der Waals surface area contributed by atoms with Crippen molar-refractivity contribution in [3.63, 3.8) is 0 Å². The molecule has 0 bridgehead atoms.